The van der Waals surface area contributed by atoms with Crippen LogP contribution in [0.4, 0.5) is 13.2 Å². The molecule has 0 aliphatic carbocycles. The first-order chi connectivity index (χ1) is 8.37. The van der Waals surface area contributed by atoms with E-state index in [1.165, 1.54) is 0 Å². The van der Waals surface area contributed by atoms with E-state index in [2.05, 4.69) is 15.4 Å². The molecule has 0 spiro atoms. The number of carbonyl (C=O) groups is 1. The Morgan fingerprint density at radius 3 is 2.56 bits per heavy atom. The van der Waals surface area contributed by atoms with Gasteiger partial charge in [0.25, 0.3) is 0 Å². The van der Waals surface area contributed by atoms with Crippen LogP contribution in [-0.2, 0) is 9.53 Å². The van der Waals surface area contributed by atoms with E-state index in [1.807, 2.05) is 6.92 Å². The van der Waals surface area contributed by atoms with Crippen molar-refractivity contribution in [2.45, 2.75) is 38.9 Å². The van der Waals surface area contributed by atoms with Gasteiger partial charge >= 0.3 is 6.18 Å². The third kappa shape index (κ3) is 10.3. The number of nitrogens with one attached hydrogen (secondary N) is 2. The number of carbonyl (C=O) groups excluding carboxylic acids is 1. The molecule has 7 heteroatoms. The Labute approximate surface area is 105 Å². The summed E-state index contributed by atoms with van der Waals surface area (Å²) >= 11 is 0. The van der Waals surface area contributed by atoms with Crippen LogP contribution in [0.5, 0.6) is 0 Å². The van der Waals surface area contributed by atoms with Gasteiger partial charge in [-0.15, -0.1) is 0 Å². The maximum absolute atomic E-state index is 11.7. The minimum absolute atomic E-state index is 0.0773. The molecule has 1 amide bonds. The van der Waals surface area contributed by atoms with E-state index < -0.39 is 18.8 Å². The van der Waals surface area contributed by atoms with E-state index in [0.29, 0.717) is 6.54 Å². The predicted octanol–water partition coefficient (Wildman–Crippen LogP) is 1.46. The quantitative estimate of drug-likeness (QED) is 0.624. The molecule has 0 fully saturated rings. The van der Waals surface area contributed by atoms with Crippen LogP contribution in [-0.4, -0.2) is 44.4 Å². The number of hydrogen-bond donors (Lipinski definition) is 2. The smallest absolute Gasteiger partial charge is 0.371 e. The Bertz CT molecular complexity index is 235. The summed E-state index contributed by atoms with van der Waals surface area (Å²) in [6.45, 7) is 3.17. The summed E-state index contributed by atoms with van der Waals surface area (Å²) in [4.78, 5) is 11.4. The largest absolute Gasteiger partial charge is 0.411 e. The van der Waals surface area contributed by atoms with Gasteiger partial charge in [-0.25, -0.2) is 0 Å². The number of ether oxygens (including phenoxy) is 1. The highest BCUT2D eigenvalue weighted by Gasteiger charge is 2.27. The molecular weight excluding hydrogens is 249 g/mol. The van der Waals surface area contributed by atoms with Gasteiger partial charge in [0.05, 0.1) is 12.6 Å². The molecule has 0 aromatic rings. The van der Waals surface area contributed by atoms with Gasteiger partial charge in [-0.2, -0.15) is 13.2 Å². The fraction of sp³-hybridized carbons (Fsp3) is 0.909. The van der Waals surface area contributed by atoms with Crippen molar-refractivity contribution in [3.63, 3.8) is 0 Å². The highest BCUT2D eigenvalue weighted by molar-refractivity contribution is 5.81. The van der Waals surface area contributed by atoms with Crippen molar-refractivity contribution in [3.8, 4) is 0 Å². The van der Waals surface area contributed by atoms with Crippen molar-refractivity contribution < 1.29 is 22.7 Å². The van der Waals surface area contributed by atoms with Gasteiger partial charge in [0.1, 0.15) is 6.61 Å². The van der Waals surface area contributed by atoms with Crippen LogP contribution in [0.25, 0.3) is 0 Å². The number of unbranched alkanes of at least 4 members (excludes halogenated alkanes) is 1. The molecule has 0 rings (SSSR count). The number of amides is 1. The van der Waals surface area contributed by atoms with E-state index in [4.69, 9.17) is 0 Å². The molecule has 1 atom stereocenters. The molecule has 0 radical (unpaired) electrons. The molecule has 1 unspecified atom stereocenters. The first-order valence-corrected chi connectivity index (χ1v) is 6.02. The third-order valence-corrected chi connectivity index (χ3v) is 2.19. The normalized spacial score (nSPS) is 13.4. The Morgan fingerprint density at radius 1 is 1.33 bits per heavy atom. The van der Waals surface area contributed by atoms with Crippen molar-refractivity contribution >= 4 is 5.91 Å². The van der Waals surface area contributed by atoms with E-state index in [0.717, 1.165) is 12.8 Å². The summed E-state index contributed by atoms with van der Waals surface area (Å²) in [6.07, 6.45) is -2.40. The van der Waals surface area contributed by atoms with E-state index >= 15 is 0 Å². The zero-order chi connectivity index (χ0) is 14.0. The molecule has 4 nitrogen and oxygen atoms in total. The second kappa shape index (κ2) is 9.16. The average Bonchev–Trinajstić information content (AvgIpc) is 2.27. The van der Waals surface area contributed by atoms with E-state index in [9.17, 15) is 18.0 Å². The van der Waals surface area contributed by atoms with Crippen molar-refractivity contribution in [1.29, 1.82) is 0 Å². The predicted molar refractivity (Wildman–Crippen MR) is 62.3 cm³/mol. The fourth-order valence-corrected chi connectivity index (χ4v) is 1.17. The van der Waals surface area contributed by atoms with Gasteiger partial charge in [-0.1, -0.05) is 13.3 Å². The van der Waals surface area contributed by atoms with Crippen molar-refractivity contribution in [2.75, 3.05) is 26.3 Å². The minimum atomic E-state index is -4.30. The maximum atomic E-state index is 11.7. The van der Waals surface area contributed by atoms with Crippen LogP contribution >= 0.6 is 0 Å². The minimum Gasteiger partial charge on any atom is -0.371 e. The number of halogens is 3. The molecule has 0 aromatic heterocycles. The highest BCUT2D eigenvalue weighted by Crippen LogP contribution is 2.13. The molecule has 0 aliphatic heterocycles. The van der Waals surface area contributed by atoms with Gasteiger partial charge in [0, 0.05) is 13.1 Å². The Hall–Kier alpha value is -0.820. The molecule has 0 saturated carbocycles. The van der Waals surface area contributed by atoms with Gasteiger partial charge < -0.3 is 15.4 Å². The summed E-state index contributed by atoms with van der Waals surface area (Å²) in [6, 6.07) is -0.434. The van der Waals surface area contributed by atoms with E-state index in [-0.39, 0.29) is 19.1 Å². The third-order valence-electron chi connectivity index (χ3n) is 2.19. The van der Waals surface area contributed by atoms with E-state index in [1.54, 1.807) is 6.92 Å². The molecule has 0 saturated heterocycles. The molecule has 2 N–H and O–H groups in total. The maximum Gasteiger partial charge on any atom is 0.411 e. The van der Waals surface area contributed by atoms with Gasteiger partial charge in [0.15, 0.2) is 0 Å². The molecule has 18 heavy (non-hydrogen) atoms. The van der Waals surface area contributed by atoms with Gasteiger partial charge in [-0.05, 0) is 13.3 Å². The number of hydrogen-bond acceptors (Lipinski definition) is 3. The lowest BCUT2D eigenvalue weighted by molar-refractivity contribution is -0.173. The van der Waals surface area contributed by atoms with Gasteiger partial charge in [0.2, 0.25) is 5.91 Å². The SMILES string of the molecule is CCCCNC(=O)C(C)NCCOCC(F)(F)F. The monoisotopic (exact) mass is 270 g/mol. The summed E-state index contributed by atoms with van der Waals surface area (Å²) in [5.74, 6) is -0.153. The van der Waals surface area contributed by atoms with Crippen LogP contribution in [0.3, 0.4) is 0 Å². The first kappa shape index (κ1) is 17.2. The Kier molecular flexibility index (Phi) is 8.74. The van der Waals surface area contributed by atoms with Crippen molar-refractivity contribution in [2.24, 2.45) is 0 Å². The molecule has 0 bridgehead atoms. The Balaban J connectivity index is 3.52. The van der Waals surface area contributed by atoms with Gasteiger partial charge in [-0.3, -0.25) is 4.79 Å². The Morgan fingerprint density at radius 2 is 2.00 bits per heavy atom. The summed E-state index contributed by atoms with van der Waals surface area (Å²) < 4.78 is 39.6. The van der Waals surface area contributed by atoms with Crippen LogP contribution < -0.4 is 10.6 Å². The highest BCUT2D eigenvalue weighted by atomic mass is 19.4. The summed E-state index contributed by atoms with van der Waals surface area (Å²) in [7, 11) is 0. The molecule has 0 aliphatic rings. The van der Waals surface area contributed by atoms with Crippen LogP contribution in [0, 0.1) is 0 Å². The zero-order valence-corrected chi connectivity index (χ0v) is 10.8. The second-order valence-corrected chi connectivity index (χ2v) is 3.99. The number of alkyl halides is 3. The van der Waals surface area contributed by atoms with Crippen molar-refractivity contribution in [1.82, 2.24) is 10.6 Å². The average molecular weight is 270 g/mol. The van der Waals surface area contributed by atoms with Crippen LogP contribution in [0.2, 0.25) is 0 Å². The van der Waals surface area contributed by atoms with Crippen molar-refractivity contribution in [3.05, 3.63) is 0 Å². The summed E-state index contributed by atoms with van der Waals surface area (Å²) in [5.41, 5.74) is 0. The topological polar surface area (TPSA) is 50.4 Å². The van der Waals surface area contributed by atoms with Crippen LogP contribution in [0.15, 0.2) is 0 Å². The lowest BCUT2D eigenvalue weighted by Crippen LogP contribution is -2.43. The fourth-order valence-electron chi connectivity index (χ4n) is 1.17. The molecule has 0 heterocycles. The molecule has 108 valence electrons. The molecule has 0 aromatic carbocycles. The standard InChI is InChI=1S/C11H21F3N2O2/c1-3-4-5-16-10(17)9(2)15-6-7-18-8-11(12,13)14/h9,15H,3-8H2,1-2H3,(H,16,17). The second-order valence-electron chi connectivity index (χ2n) is 3.99. The molecular formula is C11H21F3N2O2. The summed E-state index contributed by atoms with van der Waals surface area (Å²) in [5, 5.41) is 5.52. The van der Waals surface area contributed by atoms with Crippen LogP contribution in [0.1, 0.15) is 26.7 Å². The number of rotatable bonds is 9. The lowest BCUT2D eigenvalue weighted by Gasteiger charge is -2.14. The first-order valence-electron chi connectivity index (χ1n) is 6.02. The zero-order valence-electron chi connectivity index (χ0n) is 10.8. The lowest BCUT2D eigenvalue weighted by atomic mass is 10.3.